The Morgan fingerprint density at radius 3 is 1.43 bits per heavy atom. The number of hydrogen-bond donors (Lipinski definition) is 5. The first-order valence-corrected chi connectivity index (χ1v) is 5.78. The van der Waals surface area contributed by atoms with Crippen molar-refractivity contribution in [3.63, 3.8) is 0 Å². The molecule has 0 aromatic heterocycles. The van der Waals surface area contributed by atoms with Gasteiger partial charge in [0.25, 0.3) is 0 Å². The van der Waals surface area contributed by atoms with Gasteiger partial charge in [-0.25, -0.2) is 9.13 Å². The highest BCUT2D eigenvalue weighted by atomic mass is 31.3. The lowest BCUT2D eigenvalue weighted by atomic mass is 10.6. The Morgan fingerprint density at radius 1 is 1.21 bits per heavy atom. The van der Waals surface area contributed by atoms with Crippen LogP contribution >= 0.6 is 15.6 Å². The Morgan fingerprint density at radius 2 is 1.43 bits per heavy atom. The summed E-state index contributed by atoms with van der Waals surface area (Å²) in [6.07, 6.45) is 1.06. The van der Waals surface area contributed by atoms with Crippen LogP contribution in [0, 0.1) is 0 Å². The lowest BCUT2D eigenvalue weighted by molar-refractivity contribution is -0.113. The predicted octanol–water partition coefficient (Wildman–Crippen LogP) is -1.15. The molecule has 0 heterocycles. The van der Waals surface area contributed by atoms with Crippen LogP contribution in [0.5, 0.6) is 0 Å². The Kier molecular flexibility index (Phi) is 6.88. The first-order valence-electron chi connectivity index (χ1n) is 2.72. The minimum Gasteiger partial charge on any atom is -0.366 e. The van der Waals surface area contributed by atoms with Gasteiger partial charge in [-0.15, -0.1) is 0 Å². The second-order valence-corrected chi connectivity index (χ2v) is 4.28. The van der Waals surface area contributed by atoms with Gasteiger partial charge in [0.05, 0.1) is 0 Å². The molecule has 1 amide bonds. The molecule has 11 heteroatoms. The van der Waals surface area contributed by atoms with E-state index >= 15 is 0 Å². The maximum absolute atomic E-state index is 9.63. The molecule has 6 N–H and O–H groups in total. The molecule has 0 bridgehead atoms. The van der Waals surface area contributed by atoms with Crippen LogP contribution in [-0.2, 0) is 18.2 Å². The van der Waals surface area contributed by atoms with E-state index in [9.17, 15) is 13.9 Å². The molecule has 0 saturated carbocycles. The highest BCUT2D eigenvalue weighted by Crippen LogP contribution is 2.53. The summed E-state index contributed by atoms with van der Waals surface area (Å²) in [7, 11) is -10.1. The standard InChI is InChI=1S/C3H5NO.H4O7P2/c1-2-3(4)5;1-8(2,3)7-9(4,5)6/h2H,1H2,(H2,4,5);(H2,1,2,3)(H2,4,5,6). The van der Waals surface area contributed by atoms with Gasteiger partial charge in [0, 0.05) is 0 Å². The van der Waals surface area contributed by atoms with Crippen molar-refractivity contribution in [1.29, 1.82) is 0 Å². The first kappa shape index (κ1) is 15.9. The summed E-state index contributed by atoms with van der Waals surface area (Å²) in [6, 6.07) is 0. The highest BCUT2D eigenvalue weighted by Gasteiger charge is 2.27. The Labute approximate surface area is 78.7 Å². The van der Waals surface area contributed by atoms with Crippen molar-refractivity contribution >= 4 is 21.6 Å². The summed E-state index contributed by atoms with van der Waals surface area (Å²) in [5, 5.41) is 0. The van der Waals surface area contributed by atoms with E-state index < -0.39 is 21.6 Å². The van der Waals surface area contributed by atoms with Gasteiger partial charge >= 0.3 is 15.6 Å². The number of nitrogens with two attached hydrogens (primary N) is 1. The molecule has 0 aliphatic rings. The first-order chi connectivity index (χ1) is 5.98. The summed E-state index contributed by atoms with van der Waals surface area (Å²) >= 11 is 0. The number of amides is 1. The van der Waals surface area contributed by atoms with Crippen LogP contribution in [0.4, 0.5) is 0 Å². The van der Waals surface area contributed by atoms with Gasteiger partial charge in [-0.1, -0.05) is 6.58 Å². The van der Waals surface area contributed by atoms with E-state index in [1.807, 2.05) is 0 Å². The monoisotopic (exact) mass is 249 g/mol. The Hall–Kier alpha value is -0.530. The zero-order chi connectivity index (χ0) is 12.0. The second-order valence-electron chi connectivity index (χ2n) is 1.67. The zero-order valence-corrected chi connectivity index (χ0v) is 8.47. The summed E-state index contributed by atoms with van der Waals surface area (Å²) in [5.74, 6) is -0.481. The third-order valence-electron chi connectivity index (χ3n) is 0.414. The van der Waals surface area contributed by atoms with E-state index in [0.717, 1.165) is 6.08 Å². The van der Waals surface area contributed by atoms with E-state index in [2.05, 4.69) is 16.6 Å². The number of primary amides is 1. The van der Waals surface area contributed by atoms with Gasteiger partial charge in [0.1, 0.15) is 0 Å². The molecule has 0 aliphatic heterocycles. The molecule has 0 radical (unpaired) electrons. The molecular formula is C3H9NO8P2. The molecule has 14 heavy (non-hydrogen) atoms. The minimum absolute atomic E-state index is 0.481. The van der Waals surface area contributed by atoms with E-state index in [1.54, 1.807) is 0 Å². The molecule has 0 spiro atoms. The van der Waals surface area contributed by atoms with Gasteiger partial charge < -0.3 is 25.3 Å². The Bertz CT molecular complexity index is 267. The van der Waals surface area contributed by atoms with Gasteiger partial charge in [0.15, 0.2) is 0 Å². The molecule has 0 aliphatic carbocycles. The van der Waals surface area contributed by atoms with Crippen LogP contribution in [0.15, 0.2) is 12.7 Å². The number of carbonyl (C=O) groups excluding carboxylic acids is 1. The molecule has 9 nitrogen and oxygen atoms in total. The molecule has 0 rings (SSSR count). The number of rotatable bonds is 3. The molecular weight excluding hydrogens is 240 g/mol. The van der Waals surface area contributed by atoms with Gasteiger partial charge in [-0.05, 0) is 6.08 Å². The fraction of sp³-hybridized carbons (Fsp3) is 0. The minimum atomic E-state index is -5.05. The average Bonchev–Trinajstić information content (AvgIpc) is 1.80. The van der Waals surface area contributed by atoms with Crippen molar-refractivity contribution < 1.29 is 37.8 Å². The summed E-state index contributed by atoms with van der Waals surface area (Å²) in [6.45, 7) is 3.09. The number of carbonyl (C=O) groups is 1. The normalized spacial score (nSPS) is 11.1. The van der Waals surface area contributed by atoms with Crippen molar-refractivity contribution in [2.75, 3.05) is 0 Å². The molecule has 0 unspecified atom stereocenters. The van der Waals surface area contributed by atoms with Crippen molar-refractivity contribution in [2.24, 2.45) is 5.73 Å². The fourth-order valence-electron chi connectivity index (χ4n) is 0.139. The zero-order valence-electron chi connectivity index (χ0n) is 6.68. The Balaban J connectivity index is 0. The summed E-state index contributed by atoms with van der Waals surface area (Å²) in [5.41, 5.74) is 4.53. The van der Waals surface area contributed by atoms with Crippen molar-refractivity contribution in [1.82, 2.24) is 0 Å². The van der Waals surface area contributed by atoms with Gasteiger partial charge in [-0.3, -0.25) is 4.79 Å². The quantitative estimate of drug-likeness (QED) is 0.308. The molecule has 0 aromatic rings. The van der Waals surface area contributed by atoms with Crippen LogP contribution in [0.3, 0.4) is 0 Å². The molecule has 0 saturated heterocycles. The summed E-state index contributed by atoms with van der Waals surface area (Å²) < 4.78 is 22.2. The topological polar surface area (TPSA) is 167 Å². The van der Waals surface area contributed by atoms with Crippen molar-refractivity contribution in [3.8, 4) is 0 Å². The highest BCUT2D eigenvalue weighted by molar-refractivity contribution is 7.60. The van der Waals surface area contributed by atoms with Crippen LogP contribution in [0.1, 0.15) is 0 Å². The van der Waals surface area contributed by atoms with Crippen LogP contribution in [-0.4, -0.2) is 25.5 Å². The maximum atomic E-state index is 9.63. The molecule has 0 fully saturated rings. The third kappa shape index (κ3) is 22.5. The third-order valence-corrected chi connectivity index (χ3v) is 2.12. The van der Waals surface area contributed by atoms with E-state index in [4.69, 9.17) is 19.6 Å². The SMILES string of the molecule is C=CC(N)=O.O=P(O)(O)OP(=O)(O)O. The smallest absolute Gasteiger partial charge is 0.366 e. The molecule has 0 atom stereocenters. The van der Waals surface area contributed by atoms with Crippen molar-refractivity contribution in [2.45, 2.75) is 0 Å². The van der Waals surface area contributed by atoms with Gasteiger partial charge in [-0.2, -0.15) is 4.31 Å². The van der Waals surface area contributed by atoms with Crippen LogP contribution < -0.4 is 5.73 Å². The van der Waals surface area contributed by atoms with Crippen LogP contribution in [0.2, 0.25) is 0 Å². The van der Waals surface area contributed by atoms with Gasteiger partial charge in [0.2, 0.25) is 5.91 Å². The number of hydrogen-bond acceptors (Lipinski definition) is 4. The molecule has 0 aromatic carbocycles. The lowest BCUT2D eigenvalue weighted by Gasteiger charge is -2.03. The summed E-state index contributed by atoms with van der Waals surface area (Å²) in [4.78, 5) is 40.5. The van der Waals surface area contributed by atoms with Crippen LogP contribution in [0.25, 0.3) is 0 Å². The maximum Gasteiger partial charge on any atom is 0.478 e. The number of phosphoric acid groups is 2. The average molecular weight is 249 g/mol. The fourth-order valence-corrected chi connectivity index (χ4v) is 1.25. The van der Waals surface area contributed by atoms with E-state index in [0.29, 0.717) is 0 Å². The largest absolute Gasteiger partial charge is 0.478 e. The molecule has 84 valence electrons. The lowest BCUT2D eigenvalue weighted by Crippen LogP contribution is -2.04. The van der Waals surface area contributed by atoms with E-state index in [-0.39, 0.29) is 0 Å². The van der Waals surface area contributed by atoms with E-state index in [1.165, 1.54) is 0 Å². The predicted molar refractivity (Wildman–Crippen MR) is 44.6 cm³/mol. The van der Waals surface area contributed by atoms with Crippen molar-refractivity contribution in [3.05, 3.63) is 12.7 Å². The second kappa shape index (κ2) is 6.05.